The standard InChI is InChI=1S/C12H12BrN3S/c13-10-6-16(15-12(10)14)5-8-7-17-11-4-2-1-3-9(8)11/h1-4,6,8H,5,7H2,(H2,14,15). The van der Waals surface area contributed by atoms with E-state index in [1.165, 1.54) is 10.5 Å². The first-order valence-corrected chi connectivity index (χ1v) is 7.22. The normalized spacial score (nSPS) is 18.3. The lowest BCUT2D eigenvalue weighted by molar-refractivity contribution is 0.551. The maximum atomic E-state index is 5.73. The van der Waals surface area contributed by atoms with Crippen LogP contribution in [0.2, 0.25) is 0 Å². The zero-order valence-corrected chi connectivity index (χ0v) is 11.5. The average Bonchev–Trinajstić information content (AvgIpc) is 2.85. The van der Waals surface area contributed by atoms with Crippen LogP contribution in [-0.4, -0.2) is 15.5 Å². The van der Waals surface area contributed by atoms with E-state index in [2.05, 4.69) is 45.3 Å². The highest BCUT2D eigenvalue weighted by Gasteiger charge is 2.23. The number of hydrogen-bond acceptors (Lipinski definition) is 3. The van der Waals surface area contributed by atoms with Crippen LogP contribution in [0.4, 0.5) is 5.82 Å². The number of thioether (sulfide) groups is 1. The molecule has 0 saturated carbocycles. The zero-order chi connectivity index (χ0) is 11.8. The summed E-state index contributed by atoms with van der Waals surface area (Å²) in [7, 11) is 0. The van der Waals surface area contributed by atoms with Crippen LogP contribution in [0.25, 0.3) is 0 Å². The molecule has 0 bridgehead atoms. The monoisotopic (exact) mass is 309 g/mol. The van der Waals surface area contributed by atoms with Gasteiger partial charge in [0, 0.05) is 29.3 Å². The Hall–Kier alpha value is -0.940. The summed E-state index contributed by atoms with van der Waals surface area (Å²) >= 11 is 5.31. The van der Waals surface area contributed by atoms with Gasteiger partial charge in [-0.3, -0.25) is 4.68 Å². The van der Waals surface area contributed by atoms with Crippen molar-refractivity contribution in [3.8, 4) is 0 Å². The quantitative estimate of drug-likeness (QED) is 0.927. The molecule has 2 aromatic rings. The zero-order valence-electron chi connectivity index (χ0n) is 9.14. The van der Waals surface area contributed by atoms with Crippen molar-refractivity contribution < 1.29 is 0 Å². The molecule has 3 rings (SSSR count). The lowest BCUT2D eigenvalue weighted by Crippen LogP contribution is -2.09. The Bertz CT molecular complexity index is 533. The molecule has 1 aliphatic rings. The number of nitrogens with two attached hydrogens (primary N) is 1. The van der Waals surface area contributed by atoms with Crippen molar-refractivity contribution in [1.82, 2.24) is 9.78 Å². The van der Waals surface area contributed by atoms with Crippen LogP contribution in [0.5, 0.6) is 0 Å². The van der Waals surface area contributed by atoms with Crippen molar-refractivity contribution in [3.05, 3.63) is 40.5 Å². The Morgan fingerprint density at radius 3 is 3.06 bits per heavy atom. The number of fused-ring (bicyclic) bond motifs is 1. The van der Waals surface area contributed by atoms with Gasteiger partial charge in [-0.25, -0.2) is 0 Å². The predicted molar refractivity (Wildman–Crippen MR) is 74.2 cm³/mol. The maximum absolute atomic E-state index is 5.73. The molecule has 0 spiro atoms. The van der Waals surface area contributed by atoms with Gasteiger partial charge in [0.05, 0.1) is 4.47 Å². The number of halogens is 1. The molecule has 1 atom stereocenters. The van der Waals surface area contributed by atoms with Gasteiger partial charge in [-0.05, 0) is 27.6 Å². The number of hydrogen-bond donors (Lipinski definition) is 1. The Labute approximate surface area is 113 Å². The Balaban J connectivity index is 1.84. The summed E-state index contributed by atoms with van der Waals surface area (Å²) in [6, 6.07) is 8.59. The molecule has 0 saturated heterocycles. The van der Waals surface area contributed by atoms with E-state index in [0.29, 0.717) is 11.7 Å². The second kappa shape index (κ2) is 4.38. The first kappa shape index (κ1) is 11.2. The van der Waals surface area contributed by atoms with Gasteiger partial charge < -0.3 is 5.73 Å². The van der Waals surface area contributed by atoms with Crippen LogP contribution < -0.4 is 5.73 Å². The predicted octanol–water partition coefficient (Wildman–Crippen LogP) is 3.12. The molecule has 88 valence electrons. The summed E-state index contributed by atoms with van der Waals surface area (Å²) in [5.74, 6) is 2.21. The third kappa shape index (κ3) is 2.09. The van der Waals surface area contributed by atoms with E-state index in [-0.39, 0.29) is 0 Å². The van der Waals surface area contributed by atoms with Gasteiger partial charge in [0.15, 0.2) is 5.82 Å². The molecule has 3 nitrogen and oxygen atoms in total. The molecule has 2 heterocycles. The van der Waals surface area contributed by atoms with E-state index in [1.54, 1.807) is 0 Å². The topological polar surface area (TPSA) is 43.8 Å². The molecule has 0 radical (unpaired) electrons. The Morgan fingerprint density at radius 1 is 1.47 bits per heavy atom. The minimum absolute atomic E-state index is 0.530. The van der Waals surface area contributed by atoms with Crippen molar-refractivity contribution in [2.45, 2.75) is 17.4 Å². The SMILES string of the molecule is Nc1nn(CC2CSc3ccccc32)cc1Br. The molecule has 0 fully saturated rings. The number of anilines is 1. The van der Waals surface area contributed by atoms with E-state index in [4.69, 9.17) is 5.73 Å². The van der Waals surface area contributed by atoms with Gasteiger partial charge in [-0.2, -0.15) is 5.10 Å². The fraction of sp³-hybridized carbons (Fsp3) is 0.250. The Morgan fingerprint density at radius 2 is 2.29 bits per heavy atom. The highest BCUT2D eigenvalue weighted by Crippen LogP contribution is 2.40. The summed E-state index contributed by atoms with van der Waals surface area (Å²) in [5, 5.41) is 4.28. The van der Waals surface area contributed by atoms with Gasteiger partial charge >= 0.3 is 0 Å². The summed E-state index contributed by atoms with van der Waals surface area (Å²) < 4.78 is 2.80. The van der Waals surface area contributed by atoms with Crippen molar-refractivity contribution in [2.75, 3.05) is 11.5 Å². The smallest absolute Gasteiger partial charge is 0.159 e. The lowest BCUT2D eigenvalue weighted by atomic mass is 10.0. The van der Waals surface area contributed by atoms with Crippen LogP contribution >= 0.6 is 27.7 Å². The first-order chi connectivity index (χ1) is 8.24. The van der Waals surface area contributed by atoms with Crippen molar-refractivity contribution in [3.63, 3.8) is 0 Å². The molecule has 1 aromatic carbocycles. The van der Waals surface area contributed by atoms with Crippen molar-refractivity contribution in [1.29, 1.82) is 0 Å². The first-order valence-electron chi connectivity index (χ1n) is 5.44. The largest absolute Gasteiger partial charge is 0.381 e. The summed E-state index contributed by atoms with van der Waals surface area (Å²) in [6.07, 6.45) is 1.95. The van der Waals surface area contributed by atoms with Gasteiger partial charge in [0.2, 0.25) is 0 Å². The molecular weight excluding hydrogens is 298 g/mol. The number of rotatable bonds is 2. The fourth-order valence-electron chi connectivity index (χ4n) is 2.11. The van der Waals surface area contributed by atoms with E-state index in [0.717, 1.165) is 16.8 Å². The van der Waals surface area contributed by atoms with E-state index in [9.17, 15) is 0 Å². The molecule has 1 aliphatic heterocycles. The molecular formula is C12H12BrN3S. The molecule has 0 aliphatic carbocycles. The lowest BCUT2D eigenvalue weighted by Gasteiger charge is -2.10. The third-order valence-corrected chi connectivity index (χ3v) is 4.81. The average molecular weight is 310 g/mol. The second-order valence-corrected chi connectivity index (χ2v) is 6.05. The van der Waals surface area contributed by atoms with E-state index in [1.807, 2.05) is 22.6 Å². The molecule has 5 heteroatoms. The molecule has 1 aromatic heterocycles. The molecule has 1 unspecified atom stereocenters. The van der Waals surface area contributed by atoms with Gasteiger partial charge in [-0.15, -0.1) is 11.8 Å². The minimum atomic E-state index is 0.530. The number of nitrogen functional groups attached to an aromatic ring is 1. The molecule has 17 heavy (non-hydrogen) atoms. The van der Waals surface area contributed by atoms with E-state index < -0.39 is 0 Å². The van der Waals surface area contributed by atoms with Crippen LogP contribution in [0.1, 0.15) is 11.5 Å². The van der Waals surface area contributed by atoms with Gasteiger partial charge in [-0.1, -0.05) is 18.2 Å². The number of nitrogens with zero attached hydrogens (tertiary/aromatic N) is 2. The minimum Gasteiger partial charge on any atom is -0.381 e. The number of aromatic nitrogens is 2. The van der Waals surface area contributed by atoms with Crippen LogP contribution in [0, 0.1) is 0 Å². The number of benzene rings is 1. The molecule has 0 amide bonds. The van der Waals surface area contributed by atoms with Crippen LogP contribution in [0.15, 0.2) is 39.8 Å². The second-order valence-electron chi connectivity index (χ2n) is 4.13. The van der Waals surface area contributed by atoms with Crippen molar-refractivity contribution in [2.24, 2.45) is 0 Å². The van der Waals surface area contributed by atoms with Crippen LogP contribution in [0.3, 0.4) is 0 Å². The summed E-state index contributed by atoms with van der Waals surface area (Å²) in [5.41, 5.74) is 7.16. The highest BCUT2D eigenvalue weighted by molar-refractivity contribution is 9.10. The van der Waals surface area contributed by atoms with Gasteiger partial charge in [0.1, 0.15) is 0 Å². The summed E-state index contributed by atoms with van der Waals surface area (Å²) in [6.45, 7) is 0.889. The van der Waals surface area contributed by atoms with Crippen LogP contribution in [-0.2, 0) is 6.54 Å². The third-order valence-electron chi connectivity index (χ3n) is 2.95. The Kier molecular flexibility index (Phi) is 2.88. The van der Waals surface area contributed by atoms with Gasteiger partial charge in [0.25, 0.3) is 0 Å². The van der Waals surface area contributed by atoms with Crippen molar-refractivity contribution >= 4 is 33.5 Å². The van der Waals surface area contributed by atoms with E-state index >= 15 is 0 Å². The highest BCUT2D eigenvalue weighted by atomic mass is 79.9. The maximum Gasteiger partial charge on any atom is 0.159 e. The molecule has 2 N–H and O–H groups in total. The summed E-state index contributed by atoms with van der Waals surface area (Å²) in [4.78, 5) is 1.40. The fourth-order valence-corrected chi connectivity index (χ4v) is 3.67.